The van der Waals surface area contributed by atoms with Gasteiger partial charge in [0.1, 0.15) is 11.5 Å². The Morgan fingerprint density at radius 3 is 2.75 bits per heavy atom. The van der Waals surface area contributed by atoms with Gasteiger partial charge in [0, 0.05) is 25.3 Å². The fraction of sp³-hybridized carbons (Fsp3) is 0.538. The summed E-state index contributed by atoms with van der Waals surface area (Å²) >= 11 is 2.93. The van der Waals surface area contributed by atoms with Crippen molar-refractivity contribution in [3.8, 4) is 0 Å². The molecule has 0 aromatic heterocycles. The molecule has 1 aromatic carbocycles. The molecule has 5 nitrogen and oxygen atoms in total. The molecule has 0 saturated heterocycles. The topological polar surface area (TPSA) is 64.4 Å². The summed E-state index contributed by atoms with van der Waals surface area (Å²) in [5, 5.41) is 13.7. The third kappa shape index (κ3) is 5.42. The molecule has 1 rings (SSSR count). The molecule has 0 aliphatic rings. The molecule has 0 unspecified atom stereocenters. The van der Waals surface area contributed by atoms with Crippen molar-refractivity contribution in [1.29, 1.82) is 0 Å². The monoisotopic (exact) mass is 348 g/mol. The SMILES string of the molecule is CC(C)CCOCCNc1cc(F)c(Br)cc1[N+](=O)[O-]. The molecular formula is C13H18BrFN2O3. The largest absolute Gasteiger partial charge is 0.380 e. The quantitative estimate of drug-likeness (QED) is 0.438. The summed E-state index contributed by atoms with van der Waals surface area (Å²) in [6, 6.07) is 2.26. The van der Waals surface area contributed by atoms with E-state index in [4.69, 9.17) is 4.74 Å². The number of halogens is 2. The lowest BCUT2D eigenvalue weighted by Gasteiger charge is -2.09. The van der Waals surface area contributed by atoms with Crippen LogP contribution in [0, 0.1) is 21.8 Å². The zero-order chi connectivity index (χ0) is 15.1. The van der Waals surface area contributed by atoms with E-state index in [1.165, 1.54) is 0 Å². The number of benzene rings is 1. The number of nitro benzene ring substituents is 1. The van der Waals surface area contributed by atoms with E-state index in [9.17, 15) is 14.5 Å². The van der Waals surface area contributed by atoms with Crippen molar-refractivity contribution < 1.29 is 14.1 Å². The zero-order valence-electron chi connectivity index (χ0n) is 11.5. The zero-order valence-corrected chi connectivity index (χ0v) is 13.1. The van der Waals surface area contributed by atoms with Crippen LogP contribution < -0.4 is 5.32 Å². The Balaban J connectivity index is 2.51. The van der Waals surface area contributed by atoms with Crippen LogP contribution in [0.3, 0.4) is 0 Å². The van der Waals surface area contributed by atoms with Crippen molar-refractivity contribution in [1.82, 2.24) is 0 Å². The van der Waals surface area contributed by atoms with Crippen LogP contribution >= 0.6 is 15.9 Å². The van der Waals surface area contributed by atoms with Gasteiger partial charge in [-0.3, -0.25) is 10.1 Å². The van der Waals surface area contributed by atoms with Crippen LogP contribution in [-0.2, 0) is 4.74 Å². The number of rotatable bonds is 8. The lowest BCUT2D eigenvalue weighted by Crippen LogP contribution is -2.12. The van der Waals surface area contributed by atoms with E-state index in [0.717, 1.165) is 18.6 Å². The second-order valence-electron chi connectivity index (χ2n) is 4.76. The molecule has 0 heterocycles. The average Bonchev–Trinajstić information content (AvgIpc) is 2.36. The van der Waals surface area contributed by atoms with Gasteiger partial charge >= 0.3 is 0 Å². The molecule has 0 spiro atoms. The highest BCUT2D eigenvalue weighted by Crippen LogP contribution is 2.30. The van der Waals surface area contributed by atoms with Gasteiger partial charge in [0.05, 0.1) is 16.0 Å². The molecule has 0 radical (unpaired) electrons. The molecule has 0 atom stereocenters. The van der Waals surface area contributed by atoms with E-state index in [1.54, 1.807) is 0 Å². The number of hydrogen-bond donors (Lipinski definition) is 1. The molecule has 0 fully saturated rings. The molecular weight excluding hydrogens is 331 g/mol. The smallest absolute Gasteiger partial charge is 0.293 e. The van der Waals surface area contributed by atoms with E-state index in [0.29, 0.717) is 25.7 Å². The molecule has 0 saturated carbocycles. The van der Waals surface area contributed by atoms with Crippen LogP contribution in [-0.4, -0.2) is 24.7 Å². The summed E-state index contributed by atoms with van der Waals surface area (Å²) in [7, 11) is 0. The highest BCUT2D eigenvalue weighted by atomic mass is 79.9. The fourth-order valence-corrected chi connectivity index (χ4v) is 1.84. The number of ether oxygens (including phenoxy) is 1. The van der Waals surface area contributed by atoms with Gasteiger partial charge in [-0.2, -0.15) is 0 Å². The molecule has 1 aromatic rings. The molecule has 1 N–H and O–H groups in total. The molecule has 7 heteroatoms. The number of nitro groups is 1. The Bertz CT molecular complexity index is 469. The Kier molecular flexibility index (Phi) is 6.87. The van der Waals surface area contributed by atoms with E-state index in [1.807, 2.05) is 0 Å². The Morgan fingerprint density at radius 1 is 1.45 bits per heavy atom. The second-order valence-corrected chi connectivity index (χ2v) is 5.62. The van der Waals surface area contributed by atoms with Gasteiger partial charge in [-0.25, -0.2) is 4.39 Å². The molecule has 0 aliphatic carbocycles. The predicted octanol–water partition coefficient (Wildman–Crippen LogP) is 3.97. The van der Waals surface area contributed by atoms with Crippen molar-refractivity contribution >= 4 is 27.3 Å². The number of nitrogens with zero attached hydrogens (tertiary/aromatic N) is 1. The number of nitrogens with one attached hydrogen (secondary N) is 1. The predicted molar refractivity (Wildman–Crippen MR) is 79.5 cm³/mol. The van der Waals surface area contributed by atoms with Crippen molar-refractivity contribution in [2.24, 2.45) is 5.92 Å². The maximum absolute atomic E-state index is 13.4. The van der Waals surface area contributed by atoms with Crippen LogP contribution in [0.4, 0.5) is 15.8 Å². The number of hydrogen-bond acceptors (Lipinski definition) is 4. The van der Waals surface area contributed by atoms with Crippen LogP contribution in [0.15, 0.2) is 16.6 Å². The highest BCUT2D eigenvalue weighted by Gasteiger charge is 2.17. The van der Waals surface area contributed by atoms with E-state index < -0.39 is 10.7 Å². The summed E-state index contributed by atoms with van der Waals surface area (Å²) in [6.45, 7) is 5.67. The van der Waals surface area contributed by atoms with E-state index in [-0.39, 0.29) is 15.8 Å². The van der Waals surface area contributed by atoms with Gasteiger partial charge in [0.2, 0.25) is 0 Å². The van der Waals surface area contributed by atoms with Crippen molar-refractivity contribution in [2.45, 2.75) is 20.3 Å². The van der Waals surface area contributed by atoms with E-state index >= 15 is 0 Å². The Labute approximate surface area is 125 Å². The summed E-state index contributed by atoms with van der Waals surface area (Å²) in [4.78, 5) is 10.3. The Morgan fingerprint density at radius 2 is 2.15 bits per heavy atom. The number of anilines is 1. The maximum Gasteiger partial charge on any atom is 0.293 e. The van der Waals surface area contributed by atoms with Crippen LogP contribution in [0.1, 0.15) is 20.3 Å². The minimum absolute atomic E-state index is 0.0722. The molecule has 0 amide bonds. The lowest BCUT2D eigenvalue weighted by atomic mass is 10.1. The van der Waals surface area contributed by atoms with Gasteiger partial charge < -0.3 is 10.1 Å². The van der Waals surface area contributed by atoms with Crippen LogP contribution in [0.2, 0.25) is 0 Å². The standard InChI is InChI=1S/C13H18BrFN2O3/c1-9(2)3-5-20-6-4-16-12-8-11(15)10(14)7-13(12)17(18)19/h7-9,16H,3-6H2,1-2H3. The summed E-state index contributed by atoms with van der Waals surface area (Å²) in [6.07, 6.45) is 0.965. The third-order valence-electron chi connectivity index (χ3n) is 2.64. The van der Waals surface area contributed by atoms with Gasteiger partial charge in [0.25, 0.3) is 5.69 Å². The van der Waals surface area contributed by atoms with Gasteiger partial charge in [-0.1, -0.05) is 13.8 Å². The minimum Gasteiger partial charge on any atom is -0.380 e. The summed E-state index contributed by atoms with van der Waals surface area (Å²) < 4.78 is 18.9. The van der Waals surface area contributed by atoms with Gasteiger partial charge in [-0.15, -0.1) is 0 Å². The Hall–Kier alpha value is -1.21. The highest BCUT2D eigenvalue weighted by molar-refractivity contribution is 9.10. The summed E-state index contributed by atoms with van der Waals surface area (Å²) in [5.41, 5.74) is -0.0105. The van der Waals surface area contributed by atoms with E-state index in [2.05, 4.69) is 35.1 Å². The van der Waals surface area contributed by atoms with Gasteiger partial charge in [0.15, 0.2) is 0 Å². The third-order valence-corrected chi connectivity index (χ3v) is 3.24. The summed E-state index contributed by atoms with van der Waals surface area (Å²) in [5.74, 6) is 0.0310. The molecule has 112 valence electrons. The second kappa shape index (κ2) is 8.16. The molecule has 20 heavy (non-hydrogen) atoms. The van der Waals surface area contributed by atoms with Gasteiger partial charge in [-0.05, 0) is 28.3 Å². The molecule has 0 aliphatic heterocycles. The first-order chi connectivity index (χ1) is 9.41. The normalized spacial score (nSPS) is 10.8. The van der Waals surface area contributed by atoms with Crippen molar-refractivity contribution in [2.75, 3.05) is 25.1 Å². The maximum atomic E-state index is 13.4. The first-order valence-electron chi connectivity index (χ1n) is 6.37. The van der Waals surface area contributed by atoms with Crippen LogP contribution in [0.5, 0.6) is 0 Å². The molecule has 0 bridgehead atoms. The lowest BCUT2D eigenvalue weighted by molar-refractivity contribution is -0.384. The van der Waals surface area contributed by atoms with Crippen LogP contribution in [0.25, 0.3) is 0 Å². The first kappa shape index (κ1) is 16.8. The minimum atomic E-state index is -0.549. The first-order valence-corrected chi connectivity index (χ1v) is 7.16. The fourth-order valence-electron chi connectivity index (χ4n) is 1.51. The van der Waals surface area contributed by atoms with Crippen molar-refractivity contribution in [3.05, 3.63) is 32.5 Å². The average molecular weight is 349 g/mol. The van der Waals surface area contributed by atoms with Crippen molar-refractivity contribution in [3.63, 3.8) is 0 Å².